The standard InChI is InChI=1S/C16H12FN3S/c17-14-8-12(16(18)21)6-7-15(14)20-10-13(9-19-20)11-4-2-1-3-5-11/h1-10H,(H2,18,21). The van der Waals surface area contributed by atoms with Crippen molar-refractivity contribution >= 4 is 17.2 Å². The van der Waals surface area contributed by atoms with Gasteiger partial charge in [0.2, 0.25) is 0 Å². The van der Waals surface area contributed by atoms with E-state index in [0.29, 0.717) is 11.3 Å². The van der Waals surface area contributed by atoms with E-state index in [1.165, 1.54) is 10.7 Å². The second kappa shape index (κ2) is 5.46. The van der Waals surface area contributed by atoms with Gasteiger partial charge in [-0.05, 0) is 23.8 Å². The number of nitrogens with zero attached hydrogens (tertiary/aromatic N) is 2. The number of rotatable bonds is 3. The van der Waals surface area contributed by atoms with Crippen molar-refractivity contribution in [2.24, 2.45) is 5.73 Å². The summed E-state index contributed by atoms with van der Waals surface area (Å²) >= 11 is 4.84. The molecule has 3 aromatic rings. The second-order valence-corrected chi connectivity index (χ2v) is 5.01. The highest BCUT2D eigenvalue weighted by Crippen LogP contribution is 2.21. The minimum atomic E-state index is -0.414. The summed E-state index contributed by atoms with van der Waals surface area (Å²) in [4.78, 5) is 0.172. The minimum Gasteiger partial charge on any atom is -0.389 e. The molecule has 3 rings (SSSR count). The van der Waals surface area contributed by atoms with E-state index >= 15 is 0 Å². The quantitative estimate of drug-likeness (QED) is 0.754. The molecule has 1 aromatic heterocycles. The smallest absolute Gasteiger partial charge is 0.149 e. The Balaban J connectivity index is 1.99. The van der Waals surface area contributed by atoms with E-state index in [1.807, 2.05) is 30.3 Å². The molecule has 1 heterocycles. The van der Waals surface area contributed by atoms with Gasteiger partial charge < -0.3 is 5.73 Å². The first-order chi connectivity index (χ1) is 10.1. The average molecular weight is 297 g/mol. The maximum absolute atomic E-state index is 14.1. The number of hydrogen-bond donors (Lipinski definition) is 1. The lowest BCUT2D eigenvalue weighted by Gasteiger charge is -2.05. The Kier molecular flexibility index (Phi) is 3.50. The highest BCUT2D eigenvalue weighted by Gasteiger charge is 2.09. The fourth-order valence-corrected chi connectivity index (χ4v) is 2.21. The number of halogens is 1. The summed E-state index contributed by atoms with van der Waals surface area (Å²) in [5.41, 5.74) is 8.31. The molecule has 0 saturated carbocycles. The van der Waals surface area contributed by atoms with Crippen LogP contribution in [0.1, 0.15) is 5.56 Å². The summed E-state index contributed by atoms with van der Waals surface area (Å²) in [6.07, 6.45) is 3.49. The van der Waals surface area contributed by atoms with Crippen LogP contribution in [0.2, 0.25) is 0 Å². The van der Waals surface area contributed by atoms with Crippen LogP contribution in [0.15, 0.2) is 60.9 Å². The maximum atomic E-state index is 14.1. The van der Waals surface area contributed by atoms with Crippen LogP contribution in [-0.2, 0) is 0 Å². The van der Waals surface area contributed by atoms with Gasteiger partial charge in [0.05, 0.1) is 6.20 Å². The van der Waals surface area contributed by atoms with Crippen molar-refractivity contribution < 1.29 is 4.39 Å². The third-order valence-corrected chi connectivity index (χ3v) is 3.40. The van der Waals surface area contributed by atoms with Crippen LogP contribution >= 0.6 is 12.2 Å². The molecular formula is C16H12FN3S. The van der Waals surface area contributed by atoms with Gasteiger partial charge in [0.25, 0.3) is 0 Å². The molecular weight excluding hydrogens is 285 g/mol. The van der Waals surface area contributed by atoms with Crippen LogP contribution in [-0.4, -0.2) is 14.8 Å². The van der Waals surface area contributed by atoms with Crippen LogP contribution in [0.3, 0.4) is 0 Å². The highest BCUT2D eigenvalue weighted by atomic mass is 32.1. The summed E-state index contributed by atoms with van der Waals surface area (Å²) in [5, 5.41) is 4.21. The van der Waals surface area contributed by atoms with Gasteiger partial charge in [-0.3, -0.25) is 0 Å². The maximum Gasteiger partial charge on any atom is 0.149 e. The molecule has 0 atom stereocenters. The summed E-state index contributed by atoms with van der Waals surface area (Å²) in [6, 6.07) is 14.4. The number of aromatic nitrogens is 2. The summed E-state index contributed by atoms with van der Waals surface area (Å²) < 4.78 is 15.6. The summed E-state index contributed by atoms with van der Waals surface area (Å²) in [5.74, 6) is -0.414. The van der Waals surface area contributed by atoms with Gasteiger partial charge in [0.1, 0.15) is 16.5 Å². The molecule has 21 heavy (non-hydrogen) atoms. The van der Waals surface area contributed by atoms with Crippen molar-refractivity contribution in [2.45, 2.75) is 0 Å². The molecule has 0 unspecified atom stereocenters. The molecule has 0 fully saturated rings. The van der Waals surface area contributed by atoms with E-state index in [1.54, 1.807) is 24.5 Å². The van der Waals surface area contributed by atoms with Crippen LogP contribution in [0.4, 0.5) is 4.39 Å². The van der Waals surface area contributed by atoms with Gasteiger partial charge in [-0.1, -0.05) is 42.5 Å². The molecule has 0 aliphatic rings. The molecule has 0 radical (unpaired) electrons. The predicted molar refractivity (Wildman–Crippen MR) is 84.8 cm³/mol. The van der Waals surface area contributed by atoms with E-state index in [-0.39, 0.29) is 4.99 Å². The van der Waals surface area contributed by atoms with Gasteiger partial charge in [0.15, 0.2) is 0 Å². The number of nitrogens with two attached hydrogens (primary N) is 1. The fraction of sp³-hybridized carbons (Fsp3) is 0. The van der Waals surface area contributed by atoms with Gasteiger partial charge in [-0.15, -0.1) is 0 Å². The Morgan fingerprint density at radius 1 is 1.10 bits per heavy atom. The van der Waals surface area contributed by atoms with E-state index in [0.717, 1.165) is 11.1 Å². The average Bonchev–Trinajstić information content (AvgIpc) is 2.97. The topological polar surface area (TPSA) is 43.8 Å². The first-order valence-electron chi connectivity index (χ1n) is 6.35. The summed E-state index contributed by atoms with van der Waals surface area (Å²) in [6.45, 7) is 0. The van der Waals surface area contributed by atoms with E-state index in [4.69, 9.17) is 18.0 Å². The van der Waals surface area contributed by atoms with Crippen molar-refractivity contribution in [2.75, 3.05) is 0 Å². The molecule has 5 heteroatoms. The number of benzene rings is 2. The van der Waals surface area contributed by atoms with Crippen molar-refractivity contribution in [1.82, 2.24) is 9.78 Å². The Bertz CT molecular complexity index is 796. The zero-order valence-corrected chi connectivity index (χ0v) is 11.8. The molecule has 0 bridgehead atoms. The molecule has 3 nitrogen and oxygen atoms in total. The Labute approximate surface area is 126 Å². The van der Waals surface area contributed by atoms with Gasteiger partial charge in [-0.2, -0.15) is 5.10 Å². The van der Waals surface area contributed by atoms with Crippen molar-refractivity contribution in [1.29, 1.82) is 0 Å². The minimum absolute atomic E-state index is 0.172. The zero-order chi connectivity index (χ0) is 14.8. The van der Waals surface area contributed by atoms with Crippen molar-refractivity contribution in [3.63, 3.8) is 0 Å². The monoisotopic (exact) mass is 297 g/mol. The molecule has 0 saturated heterocycles. The van der Waals surface area contributed by atoms with E-state index in [9.17, 15) is 4.39 Å². The molecule has 104 valence electrons. The predicted octanol–water partition coefficient (Wildman–Crippen LogP) is 3.31. The Hall–Kier alpha value is -2.53. The molecule has 2 aromatic carbocycles. The second-order valence-electron chi connectivity index (χ2n) is 4.57. The Morgan fingerprint density at radius 2 is 1.86 bits per heavy atom. The fourth-order valence-electron chi connectivity index (χ4n) is 2.08. The molecule has 0 amide bonds. The van der Waals surface area contributed by atoms with Gasteiger partial charge in [-0.25, -0.2) is 9.07 Å². The summed E-state index contributed by atoms with van der Waals surface area (Å²) in [7, 11) is 0. The lowest BCUT2D eigenvalue weighted by molar-refractivity contribution is 0.610. The van der Waals surface area contributed by atoms with Gasteiger partial charge >= 0.3 is 0 Å². The lowest BCUT2D eigenvalue weighted by Crippen LogP contribution is -2.10. The molecule has 0 aliphatic heterocycles. The SMILES string of the molecule is NC(=S)c1ccc(-n2cc(-c3ccccc3)cn2)c(F)c1. The first kappa shape index (κ1) is 13.5. The van der Waals surface area contributed by atoms with E-state index < -0.39 is 5.82 Å². The lowest BCUT2D eigenvalue weighted by atomic mass is 10.1. The normalized spacial score (nSPS) is 10.5. The molecule has 0 spiro atoms. The highest BCUT2D eigenvalue weighted by molar-refractivity contribution is 7.80. The zero-order valence-electron chi connectivity index (χ0n) is 11.0. The van der Waals surface area contributed by atoms with Crippen molar-refractivity contribution in [3.8, 4) is 16.8 Å². The van der Waals surface area contributed by atoms with Crippen molar-refractivity contribution in [3.05, 3.63) is 72.3 Å². The molecule has 2 N–H and O–H groups in total. The number of thiocarbonyl (C=S) groups is 1. The molecule has 0 aliphatic carbocycles. The van der Waals surface area contributed by atoms with Gasteiger partial charge in [0, 0.05) is 17.3 Å². The van der Waals surface area contributed by atoms with Crippen LogP contribution in [0.25, 0.3) is 16.8 Å². The van der Waals surface area contributed by atoms with Crippen LogP contribution < -0.4 is 5.73 Å². The third kappa shape index (κ3) is 2.68. The van der Waals surface area contributed by atoms with Crippen LogP contribution in [0.5, 0.6) is 0 Å². The third-order valence-electron chi connectivity index (χ3n) is 3.17. The van der Waals surface area contributed by atoms with Crippen LogP contribution in [0, 0.1) is 5.82 Å². The Morgan fingerprint density at radius 3 is 2.52 bits per heavy atom. The number of hydrogen-bond acceptors (Lipinski definition) is 2. The van der Waals surface area contributed by atoms with E-state index in [2.05, 4.69) is 5.10 Å². The first-order valence-corrected chi connectivity index (χ1v) is 6.76. The largest absolute Gasteiger partial charge is 0.389 e.